The van der Waals surface area contributed by atoms with Crippen molar-refractivity contribution in [2.45, 2.75) is 31.5 Å². The third kappa shape index (κ3) is 3.36. The van der Waals surface area contributed by atoms with Gasteiger partial charge in [-0.3, -0.25) is 9.00 Å². The lowest BCUT2D eigenvalue weighted by atomic mass is 10.3. The maximum Gasteiger partial charge on any atom is 0.233 e. The summed E-state index contributed by atoms with van der Waals surface area (Å²) in [5, 5.41) is 3.08. The minimum atomic E-state index is -1.49. The van der Waals surface area contributed by atoms with Crippen molar-refractivity contribution in [1.29, 1.82) is 0 Å². The molecule has 4 N–H and O–H groups in total. The van der Waals surface area contributed by atoms with E-state index in [0.29, 0.717) is 16.4 Å². The van der Waals surface area contributed by atoms with Crippen LogP contribution in [-0.2, 0) is 15.6 Å². The lowest BCUT2D eigenvalue weighted by Gasteiger charge is -2.10. The van der Waals surface area contributed by atoms with Gasteiger partial charge in [0, 0.05) is 11.7 Å². The number of benzene rings is 1. The van der Waals surface area contributed by atoms with Crippen molar-refractivity contribution >= 4 is 33.4 Å². The molecule has 1 amide bonds. The summed E-state index contributed by atoms with van der Waals surface area (Å²) in [7, 11) is -1.49. The molecule has 7 heteroatoms. The van der Waals surface area contributed by atoms with Gasteiger partial charge in [0.05, 0.1) is 21.8 Å². The number of carbonyl (C=O) groups excluding carboxylic acids is 1. The van der Waals surface area contributed by atoms with Crippen molar-refractivity contribution in [3.63, 3.8) is 0 Å². The molecule has 2 atom stereocenters. The quantitative estimate of drug-likeness (QED) is 0.720. The Hall–Kier alpha value is -1.89. The van der Waals surface area contributed by atoms with E-state index < -0.39 is 10.8 Å². The molecule has 0 bridgehead atoms. The van der Waals surface area contributed by atoms with E-state index in [1.54, 1.807) is 18.2 Å². The zero-order chi connectivity index (χ0) is 14.7. The van der Waals surface area contributed by atoms with Gasteiger partial charge in [-0.2, -0.15) is 0 Å². The van der Waals surface area contributed by atoms with E-state index in [1.807, 2.05) is 13.8 Å². The predicted octanol–water partition coefficient (Wildman–Crippen LogP) is 1.17. The third-order valence-electron chi connectivity index (χ3n) is 2.98. The van der Waals surface area contributed by atoms with Crippen LogP contribution in [0, 0.1) is 0 Å². The lowest BCUT2D eigenvalue weighted by molar-refractivity contribution is -0.119. The molecule has 0 saturated carbocycles. The maximum absolute atomic E-state index is 12.1. The van der Waals surface area contributed by atoms with Crippen LogP contribution in [0.4, 0.5) is 5.69 Å². The van der Waals surface area contributed by atoms with E-state index in [1.165, 1.54) is 0 Å². The number of H-pyrrole nitrogens is 1. The topological polar surface area (TPSA) is 101 Å². The third-order valence-corrected chi connectivity index (χ3v) is 4.13. The fraction of sp³-hybridized carbons (Fsp3) is 0.385. The normalized spacial score (nSPS) is 14.1. The molecule has 1 heterocycles. The number of nitrogens with zero attached hydrogens (tertiary/aromatic N) is 1. The van der Waals surface area contributed by atoms with Crippen LogP contribution < -0.4 is 11.1 Å². The predicted molar refractivity (Wildman–Crippen MR) is 79.7 cm³/mol. The first-order chi connectivity index (χ1) is 9.49. The average Bonchev–Trinajstić information content (AvgIpc) is 2.81. The number of anilines is 1. The number of hydrogen-bond acceptors (Lipinski definition) is 4. The second-order valence-electron chi connectivity index (χ2n) is 4.69. The highest BCUT2D eigenvalue weighted by Gasteiger charge is 2.15. The number of amides is 1. The Morgan fingerprint density at radius 1 is 1.55 bits per heavy atom. The molecule has 108 valence electrons. The fourth-order valence-corrected chi connectivity index (χ4v) is 2.60. The largest absolute Gasteiger partial charge is 0.399 e. The number of nitrogens with two attached hydrogens (primary N) is 1. The molecule has 2 aromatic rings. The number of hydrogen-bond donors (Lipinski definition) is 3. The van der Waals surface area contributed by atoms with Crippen LogP contribution in [0.2, 0.25) is 0 Å². The van der Waals surface area contributed by atoms with E-state index >= 15 is 0 Å². The molecule has 1 aromatic heterocycles. The summed E-state index contributed by atoms with van der Waals surface area (Å²) in [5.41, 5.74) is 7.68. The van der Waals surface area contributed by atoms with Gasteiger partial charge in [0.25, 0.3) is 0 Å². The Morgan fingerprint density at radius 3 is 3.00 bits per heavy atom. The number of fused-ring (bicyclic) bond motifs is 1. The molecule has 1 aromatic carbocycles. The van der Waals surface area contributed by atoms with Crippen molar-refractivity contribution < 1.29 is 9.00 Å². The van der Waals surface area contributed by atoms with Crippen LogP contribution in [0.5, 0.6) is 0 Å². The summed E-state index contributed by atoms with van der Waals surface area (Å²) in [4.78, 5) is 18.9. The van der Waals surface area contributed by atoms with Gasteiger partial charge in [-0.15, -0.1) is 0 Å². The molecule has 0 aliphatic carbocycles. The molecular weight excluding hydrogens is 276 g/mol. The summed E-state index contributed by atoms with van der Waals surface area (Å²) < 4.78 is 12.1. The molecule has 0 radical (unpaired) electrons. The van der Waals surface area contributed by atoms with Gasteiger partial charge < -0.3 is 16.0 Å². The average molecular weight is 294 g/mol. The van der Waals surface area contributed by atoms with Crippen LogP contribution in [0.15, 0.2) is 23.4 Å². The van der Waals surface area contributed by atoms with Gasteiger partial charge in [-0.1, -0.05) is 6.92 Å². The minimum Gasteiger partial charge on any atom is -0.399 e. The van der Waals surface area contributed by atoms with E-state index in [-0.39, 0.29) is 17.7 Å². The van der Waals surface area contributed by atoms with Crippen LogP contribution in [0.1, 0.15) is 20.3 Å². The summed E-state index contributed by atoms with van der Waals surface area (Å²) in [5.74, 6) is -0.336. The van der Waals surface area contributed by atoms with Crippen molar-refractivity contribution in [3.8, 4) is 0 Å². The molecule has 2 rings (SSSR count). The SMILES string of the molecule is CCC(C)NC(=O)CS(=O)c1nc2ccc(N)cc2[nH]1. The summed E-state index contributed by atoms with van der Waals surface area (Å²) in [6.07, 6.45) is 0.836. The molecule has 0 aliphatic heterocycles. The first kappa shape index (κ1) is 14.5. The molecular formula is C13H18N4O2S. The zero-order valence-electron chi connectivity index (χ0n) is 11.5. The highest BCUT2D eigenvalue weighted by atomic mass is 32.2. The maximum atomic E-state index is 12.1. The molecule has 0 spiro atoms. The summed E-state index contributed by atoms with van der Waals surface area (Å²) in [6, 6.07) is 5.28. The van der Waals surface area contributed by atoms with Crippen LogP contribution >= 0.6 is 0 Å². The smallest absolute Gasteiger partial charge is 0.233 e. The number of carbonyl (C=O) groups is 1. The Labute approximate surface area is 119 Å². The number of imidazole rings is 1. The standard InChI is InChI=1S/C13H18N4O2S/c1-3-8(2)15-12(18)7-20(19)13-16-10-5-4-9(14)6-11(10)17-13/h4-6,8H,3,7,14H2,1-2H3,(H,15,18)(H,16,17). The molecule has 0 saturated heterocycles. The van der Waals surface area contributed by atoms with Crippen molar-refractivity contribution in [1.82, 2.24) is 15.3 Å². The van der Waals surface area contributed by atoms with Crippen LogP contribution in [0.25, 0.3) is 11.0 Å². The fourth-order valence-electron chi connectivity index (χ4n) is 1.72. The Balaban J connectivity index is 2.09. The summed E-state index contributed by atoms with van der Waals surface area (Å²) >= 11 is 0. The minimum absolute atomic E-state index is 0.0787. The highest BCUT2D eigenvalue weighted by Crippen LogP contribution is 2.16. The van der Waals surface area contributed by atoms with Crippen molar-refractivity contribution in [3.05, 3.63) is 18.2 Å². The first-order valence-corrected chi connectivity index (χ1v) is 7.74. The van der Waals surface area contributed by atoms with Gasteiger partial charge in [0.15, 0.2) is 5.16 Å². The van der Waals surface area contributed by atoms with Crippen LogP contribution in [-0.4, -0.2) is 31.9 Å². The molecule has 0 fully saturated rings. The van der Waals surface area contributed by atoms with Gasteiger partial charge in [-0.25, -0.2) is 4.98 Å². The number of nitrogen functional groups attached to an aromatic ring is 1. The van der Waals surface area contributed by atoms with Crippen molar-refractivity contribution in [2.75, 3.05) is 11.5 Å². The second-order valence-corrected chi connectivity index (χ2v) is 6.05. The molecule has 6 nitrogen and oxygen atoms in total. The number of nitrogens with one attached hydrogen (secondary N) is 2. The zero-order valence-corrected chi connectivity index (χ0v) is 12.3. The number of aromatic nitrogens is 2. The number of aromatic amines is 1. The molecule has 0 aliphatic rings. The van der Waals surface area contributed by atoms with Crippen LogP contribution in [0.3, 0.4) is 0 Å². The Kier molecular flexibility index (Phi) is 4.39. The Morgan fingerprint density at radius 2 is 2.30 bits per heavy atom. The van der Waals surface area contributed by atoms with Gasteiger partial charge in [0.1, 0.15) is 5.75 Å². The van der Waals surface area contributed by atoms with Crippen molar-refractivity contribution in [2.24, 2.45) is 0 Å². The highest BCUT2D eigenvalue weighted by molar-refractivity contribution is 7.85. The van der Waals surface area contributed by atoms with Gasteiger partial charge in [0.2, 0.25) is 5.91 Å². The van der Waals surface area contributed by atoms with E-state index in [2.05, 4.69) is 15.3 Å². The van der Waals surface area contributed by atoms with E-state index in [0.717, 1.165) is 11.9 Å². The van der Waals surface area contributed by atoms with E-state index in [4.69, 9.17) is 5.73 Å². The second kappa shape index (κ2) is 6.04. The molecule has 2 unspecified atom stereocenters. The monoisotopic (exact) mass is 294 g/mol. The Bertz CT molecular complexity index is 653. The first-order valence-electron chi connectivity index (χ1n) is 6.42. The van der Waals surface area contributed by atoms with Gasteiger partial charge >= 0.3 is 0 Å². The number of rotatable bonds is 5. The van der Waals surface area contributed by atoms with Gasteiger partial charge in [-0.05, 0) is 31.5 Å². The molecule has 20 heavy (non-hydrogen) atoms. The lowest BCUT2D eigenvalue weighted by Crippen LogP contribution is -2.35. The summed E-state index contributed by atoms with van der Waals surface area (Å²) in [6.45, 7) is 3.89. The van der Waals surface area contributed by atoms with E-state index in [9.17, 15) is 9.00 Å².